The van der Waals surface area contributed by atoms with Crippen LogP contribution in [0.5, 0.6) is 0 Å². The molecule has 4 aromatic carbocycles. The number of fused-ring (bicyclic) bond motifs is 3. The summed E-state index contributed by atoms with van der Waals surface area (Å²) in [5.41, 5.74) is 7.13. The first-order valence-electron chi connectivity index (χ1n) is 13.1. The van der Waals surface area contributed by atoms with Gasteiger partial charge in [-0.15, -0.1) is 0 Å². The van der Waals surface area contributed by atoms with Gasteiger partial charge in [-0.2, -0.15) is 0 Å². The smallest absolute Gasteiger partial charge is 0.256 e. The lowest BCUT2D eigenvalue weighted by molar-refractivity contribution is -0.0741. The molecule has 1 amide bonds. The van der Waals surface area contributed by atoms with E-state index >= 15 is 0 Å². The van der Waals surface area contributed by atoms with E-state index in [0.29, 0.717) is 30.3 Å². The Kier molecular flexibility index (Phi) is 5.61. The third kappa shape index (κ3) is 3.75. The summed E-state index contributed by atoms with van der Waals surface area (Å²) in [6.07, 6.45) is 3.59. The van der Waals surface area contributed by atoms with E-state index in [0.717, 1.165) is 40.6 Å². The third-order valence-corrected chi connectivity index (χ3v) is 8.35. The number of para-hydroxylation sites is 1. The predicted molar refractivity (Wildman–Crippen MR) is 152 cm³/mol. The number of hydrogen-bond donors (Lipinski definition) is 0. The lowest BCUT2D eigenvalue weighted by Crippen LogP contribution is -2.45. The molecule has 3 heterocycles. The van der Waals surface area contributed by atoms with Gasteiger partial charge >= 0.3 is 0 Å². The maximum atomic E-state index is 14.0. The first-order chi connectivity index (χ1) is 18.6. The van der Waals surface area contributed by atoms with Crippen molar-refractivity contribution in [3.8, 4) is 16.8 Å². The summed E-state index contributed by atoms with van der Waals surface area (Å²) in [4.78, 5) is 16.0. The fourth-order valence-electron chi connectivity index (χ4n) is 6.15. The molecule has 0 aliphatic carbocycles. The summed E-state index contributed by atoms with van der Waals surface area (Å²) in [7, 11) is 0. The van der Waals surface area contributed by atoms with Crippen molar-refractivity contribution in [3.05, 3.63) is 125 Å². The monoisotopic (exact) mass is 518 g/mol. The molecular formula is C33H27ClN2O2. The number of ether oxygens (including phenoxy) is 1. The van der Waals surface area contributed by atoms with E-state index in [9.17, 15) is 4.79 Å². The van der Waals surface area contributed by atoms with Crippen molar-refractivity contribution in [1.82, 2.24) is 9.47 Å². The number of nitrogens with zero attached hydrogens (tertiary/aromatic N) is 2. The summed E-state index contributed by atoms with van der Waals surface area (Å²) in [5.74, 6) is 0.0504. The second kappa shape index (κ2) is 9.16. The quantitative estimate of drug-likeness (QED) is 0.246. The van der Waals surface area contributed by atoms with Crippen LogP contribution in [0, 0.1) is 0 Å². The van der Waals surface area contributed by atoms with Crippen LogP contribution >= 0.6 is 11.6 Å². The Morgan fingerprint density at radius 2 is 1.58 bits per heavy atom. The fourth-order valence-corrected chi connectivity index (χ4v) is 6.32. The molecule has 2 aliphatic heterocycles. The number of hydrogen-bond acceptors (Lipinski definition) is 2. The molecule has 0 atom stereocenters. The molecule has 0 saturated carbocycles. The van der Waals surface area contributed by atoms with Gasteiger partial charge in [0.25, 0.3) is 5.91 Å². The van der Waals surface area contributed by atoms with Crippen LogP contribution in [-0.4, -0.2) is 28.5 Å². The molecule has 5 heteroatoms. The van der Waals surface area contributed by atoms with Crippen molar-refractivity contribution in [2.24, 2.45) is 0 Å². The number of aromatic nitrogens is 1. The zero-order valence-corrected chi connectivity index (χ0v) is 21.7. The number of benzene rings is 4. The molecule has 1 saturated heterocycles. The van der Waals surface area contributed by atoms with Crippen LogP contribution in [0.15, 0.2) is 103 Å². The second-order valence-corrected chi connectivity index (χ2v) is 10.6. The van der Waals surface area contributed by atoms with Gasteiger partial charge in [0.1, 0.15) is 0 Å². The van der Waals surface area contributed by atoms with Gasteiger partial charge in [0.15, 0.2) is 0 Å². The van der Waals surface area contributed by atoms with Crippen LogP contribution < -0.4 is 0 Å². The van der Waals surface area contributed by atoms with Crippen molar-refractivity contribution in [1.29, 1.82) is 0 Å². The molecule has 38 heavy (non-hydrogen) atoms. The average Bonchev–Trinajstić information content (AvgIpc) is 3.52. The molecule has 1 aromatic heterocycles. The number of rotatable bonds is 3. The molecule has 0 unspecified atom stereocenters. The van der Waals surface area contributed by atoms with E-state index in [1.807, 2.05) is 59.6 Å². The zero-order chi connectivity index (χ0) is 25.7. The lowest BCUT2D eigenvalue weighted by atomic mass is 9.83. The van der Waals surface area contributed by atoms with Gasteiger partial charge in [-0.1, -0.05) is 90.5 Å². The number of carbonyl (C=O) groups excluding carboxylic acids is 1. The van der Waals surface area contributed by atoms with Gasteiger partial charge < -0.3 is 14.2 Å². The highest BCUT2D eigenvalue weighted by atomic mass is 35.5. The van der Waals surface area contributed by atoms with E-state index in [1.54, 1.807) is 0 Å². The molecule has 5 aromatic rings. The topological polar surface area (TPSA) is 34.5 Å². The van der Waals surface area contributed by atoms with Gasteiger partial charge in [-0.25, -0.2) is 0 Å². The van der Waals surface area contributed by atoms with E-state index in [2.05, 4.69) is 53.1 Å². The molecular weight excluding hydrogens is 492 g/mol. The molecule has 4 nitrogen and oxygen atoms in total. The highest BCUT2D eigenvalue weighted by Crippen LogP contribution is 2.44. The summed E-state index contributed by atoms with van der Waals surface area (Å²) >= 11 is 6.46. The zero-order valence-electron chi connectivity index (χ0n) is 20.9. The predicted octanol–water partition coefficient (Wildman–Crippen LogP) is 7.61. The Balaban J connectivity index is 1.25. The van der Waals surface area contributed by atoms with Gasteiger partial charge in [0.2, 0.25) is 0 Å². The fraction of sp³-hybridized carbons (Fsp3) is 0.182. The lowest BCUT2D eigenvalue weighted by Gasteiger charge is -2.39. The number of amides is 1. The molecule has 2 aliphatic rings. The maximum absolute atomic E-state index is 14.0. The van der Waals surface area contributed by atoms with Crippen molar-refractivity contribution >= 4 is 28.4 Å². The van der Waals surface area contributed by atoms with E-state index < -0.39 is 0 Å². The SMILES string of the molecule is O=C(c1cn(-c2ccccc2-c2ccccc2)c2cc(Cl)ccc12)N1CCC2(CC1)OCc1ccccc12. The highest BCUT2D eigenvalue weighted by Gasteiger charge is 2.43. The molecule has 0 radical (unpaired) electrons. The normalized spacial score (nSPS) is 16.2. The summed E-state index contributed by atoms with van der Waals surface area (Å²) < 4.78 is 8.44. The highest BCUT2D eigenvalue weighted by molar-refractivity contribution is 6.31. The van der Waals surface area contributed by atoms with Crippen molar-refractivity contribution in [2.45, 2.75) is 25.0 Å². The summed E-state index contributed by atoms with van der Waals surface area (Å²) in [6.45, 7) is 1.97. The van der Waals surface area contributed by atoms with Gasteiger partial charge in [-0.05, 0) is 47.7 Å². The molecule has 1 spiro atoms. The van der Waals surface area contributed by atoms with E-state index in [-0.39, 0.29) is 11.5 Å². The Labute approximate surface area is 227 Å². The Morgan fingerprint density at radius 3 is 2.42 bits per heavy atom. The standard InChI is InChI=1S/C33H27ClN2O2/c34-25-14-15-27-28(32(37)35-18-16-33(17-19-35)29-12-6-4-10-24(29)22-38-33)21-36(31(27)20-25)30-13-7-5-11-26(30)23-8-2-1-3-9-23/h1-15,20-21H,16-19,22H2. The number of likely N-dealkylation sites (tertiary alicyclic amines) is 1. The van der Waals surface area contributed by atoms with E-state index in [4.69, 9.17) is 16.3 Å². The third-order valence-electron chi connectivity index (χ3n) is 8.12. The average molecular weight is 519 g/mol. The first kappa shape index (κ1) is 23.3. The largest absolute Gasteiger partial charge is 0.365 e. The minimum Gasteiger partial charge on any atom is -0.365 e. The molecule has 0 bridgehead atoms. The van der Waals surface area contributed by atoms with E-state index in [1.165, 1.54) is 11.1 Å². The van der Waals surface area contributed by atoms with Crippen molar-refractivity contribution in [2.75, 3.05) is 13.1 Å². The number of halogens is 1. The number of piperidine rings is 1. The van der Waals surface area contributed by atoms with Crippen LogP contribution in [0.1, 0.15) is 34.3 Å². The van der Waals surface area contributed by atoms with Crippen LogP contribution in [-0.2, 0) is 16.9 Å². The summed E-state index contributed by atoms with van der Waals surface area (Å²) in [5, 5.41) is 1.55. The molecule has 1 fully saturated rings. The van der Waals surface area contributed by atoms with Crippen LogP contribution in [0.25, 0.3) is 27.7 Å². The van der Waals surface area contributed by atoms with Crippen LogP contribution in [0.3, 0.4) is 0 Å². The van der Waals surface area contributed by atoms with Gasteiger partial charge in [-0.3, -0.25) is 4.79 Å². The van der Waals surface area contributed by atoms with Crippen LogP contribution in [0.2, 0.25) is 5.02 Å². The molecule has 7 rings (SSSR count). The Bertz CT molecular complexity index is 1670. The second-order valence-electron chi connectivity index (χ2n) is 10.2. The number of carbonyl (C=O) groups is 1. The van der Waals surface area contributed by atoms with Gasteiger partial charge in [0, 0.05) is 35.3 Å². The van der Waals surface area contributed by atoms with Crippen molar-refractivity contribution in [3.63, 3.8) is 0 Å². The Hall–Kier alpha value is -3.86. The van der Waals surface area contributed by atoms with Gasteiger partial charge in [0.05, 0.1) is 29.0 Å². The molecule has 0 N–H and O–H groups in total. The minimum atomic E-state index is -0.274. The van der Waals surface area contributed by atoms with Crippen molar-refractivity contribution < 1.29 is 9.53 Å². The summed E-state index contributed by atoms with van der Waals surface area (Å²) in [6, 6.07) is 32.9. The minimum absolute atomic E-state index is 0.0504. The van der Waals surface area contributed by atoms with Crippen LogP contribution in [0.4, 0.5) is 0 Å². The first-order valence-corrected chi connectivity index (χ1v) is 13.5. The molecule has 188 valence electrons. The Morgan fingerprint density at radius 1 is 0.842 bits per heavy atom. The maximum Gasteiger partial charge on any atom is 0.256 e.